The fourth-order valence-corrected chi connectivity index (χ4v) is 1.59. The van der Waals surface area contributed by atoms with Crippen molar-refractivity contribution in [3.8, 4) is 11.5 Å². The average molecular weight is 230 g/mol. The van der Waals surface area contributed by atoms with E-state index in [0.29, 0.717) is 18.4 Å². The minimum Gasteiger partial charge on any atom is -0.504 e. The summed E-state index contributed by atoms with van der Waals surface area (Å²) in [5, 5.41) is 12.8. The Morgan fingerprint density at radius 1 is 1.53 bits per heavy atom. The van der Waals surface area contributed by atoms with Gasteiger partial charge in [-0.2, -0.15) is 0 Å². The molecule has 0 saturated carbocycles. The third kappa shape index (κ3) is 2.55. The highest BCUT2D eigenvalue weighted by molar-refractivity contribution is 5.85. The lowest BCUT2D eigenvalue weighted by Gasteiger charge is -2.28. The molecule has 3 nitrogen and oxygen atoms in total. The van der Waals surface area contributed by atoms with E-state index in [1.807, 2.05) is 19.1 Å². The summed E-state index contributed by atoms with van der Waals surface area (Å²) >= 11 is 0. The molecular formula is C11H16ClNO2. The molecule has 15 heavy (non-hydrogen) atoms. The highest BCUT2D eigenvalue weighted by Gasteiger charge is 2.19. The van der Waals surface area contributed by atoms with Gasteiger partial charge < -0.3 is 15.2 Å². The van der Waals surface area contributed by atoms with E-state index in [0.717, 1.165) is 13.0 Å². The van der Waals surface area contributed by atoms with Crippen LogP contribution < -0.4 is 10.1 Å². The van der Waals surface area contributed by atoms with E-state index < -0.39 is 0 Å². The van der Waals surface area contributed by atoms with Gasteiger partial charge in [-0.1, -0.05) is 6.07 Å². The van der Waals surface area contributed by atoms with E-state index in [9.17, 15) is 5.11 Å². The Bertz CT molecular complexity index is 326. The van der Waals surface area contributed by atoms with E-state index >= 15 is 0 Å². The molecule has 4 heteroatoms. The van der Waals surface area contributed by atoms with Gasteiger partial charge >= 0.3 is 0 Å². The monoisotopic (exact) mass is 229 g/mol. The lowest BCUT2D eigenvalue weighted by atomic mass is 9.98. The largest absolute Gasteiger partial charge is 0.504 e. The molecule has 0 amide bonds. The molecule has 1 fully saturated rings. The van der Waals surface area contributed by atoms with Gasteiger partial charge in [-0.3, -0.25) is 0 Å². The molecule has 84 valence electrons. The molecule has 0 unspecified atom stereocenters. The van der Waals surface area contributed by atoms with Crippen molar-refractivity contribution in [1.29, 1.82) is 0 Å². The van der Waals surface area contributed by atoms with Gasteiger partial charge in [-0.25, -0.2) is 0 Å². The predicted molar refractivity (Wildman–Crippen MR) is 61.9 cm³/mol. The number of aromatic hydroxyl groups is 1. The van der Waals surface area contributed by atoms with Gasteiger partial charge in [0.1, 0.15) is 0 Å². The van der Waals surface area contributed by atoms with Crippen LogP contribution in [0.2, 0.25) is 0 Å². The van der Waals surface area contributed by atoms with Crippen molar-refractivity contribution in [2.24, 2.45) is 0 Å². The maximum absolute atomic E-state index is 9.49. The fourth-order valence-electron chi connectivity index (χ4n) is 1.59. The lowest BCUT2D eigenvalue weighted by Crippen LogP contribution is -2.34. The van der Waals surface area contributed by atoms with Gasteiger partial charge in [-0.05, 0) is 37.6 Å². The Morgan fingerprint density at radius 3 is 2.80 bits per heavy atom. The van der Waals surface area contributed by atoms with Crippen LogP contribution in [0.4, 0.5) is 0 Å². The number of ether oxygens (including phenoxy) is 1. The standard InChI is InChI=1S/C11H15NO2.ClH/c1-2-14-11-7-8(3-4-10(11)13)9-5-6-12-9;/h3-4,7,9,12-13H,2,5-6H2,1H3;1H/t9-;/m0./s1. The number of nitrogens with one attached hydrogen (secondary N) is 1. The van der Waals surface area contributed by atoms with Gasteiger partial charge in [0.05, 0.1) is 6.61 Å². The molecule has 1 atom stereocenters. The normalized spacial score (nSPS) is 18.9. The SMILES string of the molecule is CCOc1cc([C@@H]2CCN2)ccc1O.Cl. The first-order valence-electron chi connectivity index (χ1n) is 5.00. The first-order valence-corrected chi connectivity index (χ1v) is 5.00. The first-order chi connectivity index (χ1) is 6.81. The number of benzene rings is 1. The van der Waals surface area contributed by atoms with Crippen LogP contribution in [-0.4, -0.2) is 18.3 Å². The molecule has 1 aliphatic rings. The lowest BCUT2D eigenvalue weighted by molar-refractivity contribution is 0.315. The molecule has 1 aromatic carbocycles. The topological polar surface area (TPSA) is 41.5 Å². The van der Waals surface area contributed by atoms with Crippen molar-refractivity contribution < 1.29 is 9.84 Å². The van der Waals surface area contributed by atoms with E-state index in [-0.39, 0.29) is 18.2 Å². The summed E-state index contributed by atoms with van der Waals surface area (Å²) < 4.78 is 5.32. The maximum Gasteiger partial charge on any atom is 0.161 e. The van der Waals surface area contributed by atoms with Crippen molar-refractivity contribution in [3.05, 3.63) is 23.8 Å². The van der Waals surface area contributed by atoms with Crippen LogP contribution in [0.25, 0.3) is 0 Å². The summed E-state index contributed by atoms with van der Waals surface area (Å²) in [5.41, 5.74) is 1.19. The number of phenolic OH excluding ortho intramolecular Hbond substituents is 1. The second-order valence-electron chi connectivity index (χ2n) is 3.46. The fraction of sp³-hybridized carbons (Fsp3) is 0.455. The molecule has 0 aromatic heterocycles. The van der Waals surface area contributed by atoms with Crippen LogP contribution in [0.1, 0.15) is 24.9 Å². The minimum absolute atomic E-state index is 0. The summed E-state index contributed by atoms with van der Waals surface area (Å²) in [6.45, 7) is 3.57. The number of halogens is 1. The van der Waals surface area contributed by atoms with Crippen molar-refractivity contribution in [1.82, 2.24) is 5.32 Å². The molecular weight excluding hydrogens is 214 g/mol. The van der Waals surface area contributed by atoms with Gasteiger partial charge in [-0.15, -0.1) is 12.4 Å². The quantitative estimate of drug-likeness (QED) is 0.836. The Kier molecular flexibility index (Phi) is 4.24. The minimum atomic E-state index is 0. The highest BCUT2D eigenvalue weighted by atomic mass is 35.5. The predicted octanol–water partition coefficient (Wildman–Crippen LogP) is 2.25. The molecule has 0 radical (unpaired) electrons. The second-order valence-corrected chi connectivity index (χ2v) is 3.46. The van der Waals surface area contributed by atoms with Crippen LogP contribution in [0.5, 0.6) is 11.5 Å². The van der Waals surface area contributed by atoms with E-state index in [4.69, 9.17) is 4.74 Å². The molecule has 1 aromatic rings. The third-order valence-electron chi connectivity index (χ3n) is 2.51. The summed E-state index contributed by atoms with van der Waals surface area (Å²) in [6, 6.07) is 5.99. The van der Waals surface area contributed by atoms with Crippen molar-refractivity contribution in [2.45, 2.75) is 19.4 Å². The second kappa shape index (κ2) is 5.24. The van der Waals surface area contributed by atoms with Crippen LogP contribution in [-0.2, 0) is 0 Å². The van der Waals surface area contributed by atoms with Crippen molar-refractivity contribution in [3.63, 3.8) is 0 Å². The number of rotatable bonds is 3. The molecule has 2 N–H and O–H groups in total. The van der Waals surface area contributed by atoms with E-state index in [2.05, 4.69) is 5.32 Å². The van der Waals surface area contributed by atoms with Gasteiger partial charge in [0, 0.05) is 6.04 Å². The van der Waals surface area contributed by atoms with E-state index in [1.165, 1.54) is 5.56 Å². The molecule has 2 rings (SSSR count). The zero-order valence-corrected chi connectivity index (χ0v) is 9.51. The van der Waals surface area contributed by atoms with Crippen molar-refractivity contribution in [2.75, 3.05) is 13.2 Å². The Labute approximate surface area is 95.9 Å². The van der Waals surface area contributed by atoms with Crippen molar-refractivity contribution >= 4 is 12.4 Å². The van der Waals surface area contributed by atoms with Crippen LogP contribution >= 0.6 is 12.4 Å². The highest BCUT2D eigenvalue weighted by Crippen LogP contribution is 2.32. The van der Waals surface area contributed by atoms with Gasteiger partial charge in [0.15, 0.2) is 11.5 Å². The van der Waals surface area contributed by atoms with Crippen LogP contribution in [0.15, 0.2) is 18.2 Å². The summed E-state index contributed by atoms with van der Waals surface area (Å²) in [5.74, 6) is 0.800. The molecule has 0 bridgehead atoms. The molecule has 0 spiro atoms. The Morgan fingerprint density at radius 2 is 2.27 bits per heavy atom. The molecule has 1 saturated heterocycles. The summed E-state index contributed by atoms with van der Waals surface area (Å²) in [7, 11) is 0. The Balaban J connectivity index is 0.00000112. The summed E-state index contributed by atoms with van der Waals surface area (Å²) in [6.07, 6.45) is 1.16. The number of phenols is 1. The molecule has 1 aliphatic heterocycles. The third-order valence-corrected chi connectivity index (χ3v) is 2.51. The number of hydrogen-bond acceptors (Lipinski definition) is 3. The Hall–Kier alpha value is -0.930. The molecule has 0 aliphatic carbocycles. The smallest absolute Gasteiger partial charge is 0.161 e. The summed E-state index contributed by atoms with van der Waals surface area (Å²) in [4.78, 5) is 0. The average Bonchev–Trinajstić information content (AvgIpc) is 2.08. The van der Waals surface area contributed by atoms with Gasteiger partial charge in [0.2, 0.25) is 0 Å². The van der Waals surface area contributed by atoms with Crippen LogP contribution in [0, 0.1) is 0 Å². The first kappa shape index (κ1) is 12.1. The van der Waals surface area contributed by atoms with E-state index in [1.54, 1.807) is 6.07 Å². The van der Waals surface area contributed by atoms with Crippen LogP contribution in [0.3, 0.4) is 0 Å². The van der Waals surface area contributed by atoms with Gasteiger partial charge in [0.25, 0.3) is 0 Å². The maximum atomic E-state index is 9.49. The number of hydrogen-bond donors (Lipinski definition) is 2. The molecule has 1 heterocycles. The zero-order valence-electron chi connectivity index (χ0n) is 8.69. The zero-order chi connectivity index (χ0) is 9.97.